The molecule has 0 fully saturated rings. The van der Waals surface area contributed by atoms with Crippen molar-refractivity contribution in [2.45, 2.75) is 13.5 Å². The maximum absolute atomic E-state index is 5.78. The van der Waals surface area contributed by atoms with E-state index in [1.54, 1.807) is 0 Å². The zero-order valence-electron chi connectivity index (χ0n) is 10.2. The number of aryl methyl sites for hydroxylation is 1. The van der Waals surface area contributed by atoms with Gasteiger partial charge in [0.05, 0.1) is 12.2 Å². The monoisotopic (exact) mass is 227 g/mol. The first-order valence-corrected chi connectivity index (χ1v) is 5.64. The quantitative estimate of drug-likeness (QED) is 0.819. The van der Waals surface area contributed by atoms with E-state index in [-0.39, 0.29) is 0 Å². The highest BCUT2D eigenvalue weighted by molar-refractivity contribution is 5.55. The number of rotatable bonds is 3. The summed E-state index contributed by atoms with van der Waals surface area (Å²) < 4.78 is 0. The SMILES string of the molecule is Cc1cccnc1CN(C)c1cccc(N)c1. The van der Waals surface area contributed by atoms with Gasteiger partial charge in [-0.3, -0.25) is 4.98 Å². The number of aromatic nitrogens is 1. The van der Waals surface area contributed by atoms with Gasteiger partial charge in [-0.25, -0.2) is 0 Å². The number of hydrogen-bond donors (Lipinski definition) is 1. The molecule has 0 atom stereocenters. The van der Waals surface area contributed by atoms with Crippen LogP contribution >= 0.6 is 0 Å². The summed E-state index contributed by atoms with van der Waals surface area (Å²) >= 11 is 0. The van der Waals surface area contributed by atoms with Crippen molar-refractivity contribution in [1.82, 2.24) is 4.98 Å². The zero-order chi connectivity index (χ0) is 12.3. The van der Waals surface area contributed by atoms with Crippen LogP contribution in [0.1, 0.15) is 11.3 Å². The highest BCUT2D eigenvalue weighted by atomic mass is 15.1. The third-order valence-electron chi connectivity index (χ3n) is 2.82. The van der Waals surface area contributed by atoms with Gasteiger partial charge in [0.1, 0.15) is 0 Å². The molecule has 3 heteroatoms. The number of hydrogen-bond acceptors (Lipinski definition) is 3. The first-order chi connectivity index (χ1) is 8.16. The van der Waals surface area contributed by atoms with E-state index < -0.39 is 0 Å². The predicted molar refractivity (Wildman–Crippen MR) is 71.9 cm³/mol. The third-order valence-corrected chi connectivity index (χ3v) is 2.82. The zero-order valence-corrected chi connectivity index (χ0v) is 10.2. The van der Waals surface area contributed by atoms with E-state index in [9.17, 15) is 0 Å². The summed E-state index contributed by atoms with van der Waals surface area (Å²) in [6, 6.07) is 11.9. The van der Waals surface area contributed by atoms with Crippen molar-refractivity contribution in [3.63, 3.8) is 0 Å². The largest absolute Gasteiger partial charge is 0.399 e. The van der Waals surface area contributed by atoms with Crippen LogP contribution in [0.15, 0.2) is 42.6 Å². The van der Waals surface area contributed by atoms with Crippen LogP contribution in [0.5, 0.6) is 0 Å². The molecule has 88 valence electrons. The molecule has 2 N–H and O–H groups in total. The molecule has 0 radical (unpaired) electrons. The lowest BCUT2D eigenvalue weighted by molar-refractivity contribution is 0.874. The van der Waals surface area contributed by atoms with Crippen LogP contribution in [0.3, 0.4) is 0 Å². The van der Waals surface area contributed by atoms with Crippen LogP contribution in [-0.4, -0.2) is 12.0 Å². The van der Waals surface area contributed by atoms with Crippen molar-refractivity contribution in [2.75, 3.05) is 17.7 Å². The second kappa shape index (κ2) is 4.87. The van der Waals surface area contributed by atoms with Gasteiger partial charge in [0.25, 0.3) is 0 Å². The highest BCUT2D eigenvalue weighted by Crippen LogP contribution is 2.18. The summed E-state index contributed by atoms with van der Waals surface area (Å²) in [5.41, 5.74) is 9.97. The molecule has 0 saturated carbocycles. The number of anilines is 2. The van der Waals surface area contributed by atoms with E-state index in [1.807, 2.05) is 37.5 Å². The lowest BCUT2D eigenvalue weighted by Gasteiger charge is -2.20. The van der Waals surface area contributed by atoms with Gasteiger partial charge in [-0.15, -0.1) is 0 Å². The molecule has 0 aliphatic carbocycles. The molecule has 1 heterocycles. The Labute approximate surface area is 102 Å². The van der Waals surface area contributed by atoms with Gasteiger partial charge in [-0.2, -0.15) is 0 Å². The molecule has 1 aromatic heterocycles. The predicted octanol–water partition coefficient (Wildman–Crippen LogP) is 2.61. The average Bonchev–Trinajstić information content (AvgIpc) is 2.32. The Kier molecular flexibility index (Phi) is 3.28. The second-order valence-corrected chi connectivity index (χ2v) is 4.22. The average molecular weight is 227 g/mol. The van der Waals surface area contributed by atoms with Crippen LogP contribution in [0.2, 0.25) is 0 Å². The van der Waals surface area contributed by atoms with Gasteiger partial charge in [-0.05, 0) is 36.8 Å². The van der Waals surface area contributed by atoms with Crippen LogP contribution in [0, 0.1) is 6.92 Å². The van der Waals surface area contributed by atoms with E-state index in [0.717, 1.165) is 23.6 Å². The Hall–Kier alpha value is -2.03. The minimum Gasteiger partial charge on any atom is -0.399 e. The molecule has 1 aromatic carbocycles. The first kappa shape index (κ1) is 11.5. The molecule has 2 rings (SSSR count). The molecule has 17 heavy (non-hydrogen) atoms. The summed E-state index contributed by atoms with van der Waals surface area (Å²) in [5.74, 6) is 0. The standard InChI is InChI=1S/C14H17N3/c1-11-5-4-8-16-14(11)10-17(2)13-7-3-6-12(15)9-13/h3-9H,10,15H2,1-2H3. The van der Waals surface area contributed by atoms with Crippen molar-refractivity contribution in [1.29, 1.82) is 0 Å². The fourth-order valence-electron chi connectivity index (χ4n) is 1.76. The summed E-state index contributed by atoms with van der Waals surface area (Å²) in [5, 5.41) is 0. The van der Waals surface area contributed by atoms with Crippen LogP contribution in [0.4, 0.5) is 11.4 Å². The number of nitrogens with two attached hydrogens (primary N) is 1. The van der Waals surface area contributed by atoms with Crippen LogP contribution in [0.25, 0.3) is 0 Å². The van der Waals surface area contributed by atoms with Crippen LogP contribution < -0.4 is 10.6 Å². The van der Waals surface area contributed by atoms with Crippen LogP contribution in [-0.2, 0) is 6.54 Å². The molecule has 0 amide bonds. The minimum atomic E-state index is 0.784. The molecule has 0 saturated heterocycles. The fourth-order valence-corrected chi connectivity index (χ4v) is 1.76. The Morgan fingerprint density at radius 2 is 2.06 bits per heavy atom. The molecule has 2 aromatic rings. The van der Waals surface area contributed by atoms with E-state index >= 15 is 0 Å². The van der Waals surface area contributed by atoms with Gasteiger partial charge in [0.2, 0.25) is 0 Å². The maximum Gasteiger partial charge on any atom is 0.0625 e. The van der Waals surface area contributed by atoms with Crippen molar-refractivity contribution in [2.24, 2.45) is 0 Å². The van der Waals surface area contributed by atoms with E-state index in [1.165, 1.54) is 5.56 Å². The molecular weight excluding hydrogens is 210 g/mol. The number of nitrogen functional groups attached to an aromatic ring is 1. The molecule has 0 bridgehead atoms. The number of pyridine rings is 1. The molecule has 0 aliphatic heterocycles. The van der Waals surface area contributed by atoms with Crippen molar-refractivity contribution < 1.29 is 0 Å². The first-order valence-electron chi connectivity index (χ1n) is 5.64. The Morgan fingerprint density at radius 1 is 1.24 bits per heavy atom. The van der Waals surface area contributed by atoms with Gasteiger partial charge in [-0.1, -0.05) is 12.1 Å². The second-order valence-electron chi connectivity index (χ2n) is 4.22. The highest BCUT2D eigenvalue weighted by Gasteiger charge is 2.05. The van der Waals surface area contributed by atoms with Crippen molar-refractivity contribution in [3.05, 3.63) is 53.9 Å². The van der Waals surface area contributed by atoms with Gasteiger partial charge >= 0.3 is 0 Å². The molecular formula is C14H17N3. The Bertz CT molecular complexity index is 508. The molecule has 3 nitrogen and oxygen atoms in total. The lowest BCUT2D eigenvalue weighted by Crippen LogP contribution is -2.18. The van der Waals surface area contributed by atoms with Crippen molar-refractivity contribution >= 4 is 11.4 Å². The number of nitrogens with zero attached hydrogens (tertiary/aromatic N) is 2. The summed E-state index contributed by atoms with van der Waals surface area (Å²) in [4.78, 5) is 6.54. The minimum absolute atomic E-state index is 0.784. The smallest absolute Gasteiger partial charge is 0.0625 e. The fraction of sp³-hybridized carbons (Fsp3) is 0.214. The Balaban J connectivity index is 2.17. The number of benzene rings is 1. The lowest BCUT2D eigenvalue weighted by atomic mass is 10.2. The molecule has 0 spiro atoms. The topological polar surface area (TPSA) is 42.2 Å². The summed E-state index contributed by atoms with van der Waals surface area (Å²) in [6.45, 7) is 2.87. The Morgan fingerprint density at radius 3 is 2.76 bits per heavy atom. The van der Waals surface area contributed by atoms with E-state index in [0.29, 0.717) is 0 Å². The summed E-state index contributed by atoms with van der Waals surface area (Å²) in [6.07, 6.45) is 1.83. The summed E-state index contributed by atoms with van der Waals surface area (Å²) in [7, 11) is 2.04. The molecule has 0 unspecified atom stereocenters. The van der Waals surface area contributed by atoms with Gasteiger partial charge < -0.3 is 10.6 Å². The van der Waals surface area contributed by atoms with Gasteiger partial charge in [0, 0.05) is 24.6 Å². The maximum atomic E-state index is 5.78. The third kappa shape index (κ3) is 2.75. The van der Waals surface area contributed by atoms with Crippen molar-refractivity contribution in [3.8, 4) is 0 Å². The van der Waals surface area contributed by atoms with E-state index in [4.69, 9.17) is 5.73 Å². The van der Waals surface area contributed by atoms with E-state index in [2.05, 4.69) is 28.9 Å². The van der Waals surface area contributed by atoms with Gasteiger partial charge in [0.15, 0.2) is 0 Å². The normalized spacial score (nSPS) is 10.2. The molecule has 0 aliphatic rings.